The van der Waals surface area contributed by atoms with Gasteiger partial charge in [0.05, 0.1) is 11.4 Å². The van der Waals surface area contributed by atoms with Crippen LogP contribution in [0.1, 0.15) is 6.42 Å². The summed E-state index contributed by atoms with van der Waals surface area (Å²) in [5, 5.41) is 2.11. The Balaban J connectivity index is 2.65. The van der Waals surface area contributed by atoms with Crippen LogP contribution in [0, 0.1) is 11.6 Å². The first kappa shape index (κ1) is 13.6. The maximum absolute atomic E-state index is 13.1. The third-order valence-electron chi connectivity index (χ3n) is 1.90. The van der Waals surface area contributed by atoms with E-state index < -0.39 is 27.4 Å². The molecule has 1 N–H and O–H groups in total. The van der Waals surface area contributed by atoms with Gasteiger partial charge in [0.15, 0.2) is 0 Å². The number of hydrogen-bond acceptors (Lipinski definition) is 3. The van der Waals surface area contributed by atoms with Crippen LogP contribution < -0.4 is 5.32 Å². The Morgan fingerprint density at radius 3 is 2.59 bits per heavy atom. The lowest BCUT2D eigenvalue weighted by Crippen LogP contribution is -2.17. The summed E-state index contributed by atoms with van der Waals surface area (Å²) in [5.41, 5.74) is -0.302. The first-order valence-electron chi connectivity index (χ1n) is 4.70. The van der Waals surface area contributed by atoms with E-state index in [9.17, 15) is 22.0 Å². The topological polar surface area (TPSA) is 63.2 Å². The molecule has 94 valence electrons. The molecule has 1 aromatic carbocycles. The number of rotatable bonds is 4. The quantitative estimate of drug-likeness (QED) is 0.891. The number of amides is 1. The fraction of sp³-hybridized carbons (Fsp3) is 0.300. The van der Waals surface area contributed by atoms with Crippen molar-refractivity contribution >= 4 is 21.4 Å². The molecule has 0 heterocycles. The van der Waals surface area contributed by atoms with E-state index in [2.05, 4.69) is 5.32 Å². The molecule has 1 aromatic rings. The van der Waals surface area contributed by atoms with Crippen LogP contribution in [0.4, 0.5) is 14.5 Å². The Morgan fingerprint density at radius 2 is 2.00 bits per heavy atom. The van der Waals surface area contributed by atoms with Gasteiger partial charge >= 0.3 is 0 Å². The molecule has 1 rings (SSSR count). The number of sulfone groups is 1. The Hall–Kier alpha value is -1.50. The van der Waals surface area contributed by atoms with Crippen LogP contribution in [0.3, 0.4) is 0 Å². The molecule has 0 unspecified atom stereocenters. The highest BCUT2D eigenvalue weighted by molar-refractivity contribution is 7.90. The molecule has 17 heavy (non-hydrogen) atoms. The predicted octanol–water partition coefficient (Wildman–Crippen LogP) is 1.34. The third kappa shape index (κ3) is 4.90. The molecule has 0 saturated carbocycles. The summed E-state index contributed by atoms with van der Waals surface area (Å²) in [6.45, 7) is 0. The van der Waals surface area contributed by atoms with Gasteiger partial charge in [0, 0.05) is 18.7 Å². The zero-order chi connectivity index (χ0) is 13.1. The Bertz CT molecular complexity index is 528. The molecule has 0 radical (unpaired) electrons. The van der Waals surface area contributed by atoms with Gasteiger partial charge in [-0.25, -0.2) is 17.2 Å². The van der Waals surface area contributed by atoms with Crippen LogP contribution in [-0.4, -0.2) is 26.3 Å². The summed E-state index contributed by atoms with van der Waals surface area (Å²) in [6, 6.07) is 2.62. The average Bonchev–Trinajstić information content (AvgIpc) is 2.20. The van der Waals surface area contributed by atoms with E-state index in [1.165, 1.54) is 0 Å². The van der Waals surface area contributed by atoms with Gasteiger partial charge in [0.1, 0.15) is 21.5 Å². The van der Waals surface area contributed by atoms with Crippen LogP contribution in [0.25, 0.3) is 0 Å². The van der Waals surface area contributed by atoms with Crippen molar-refractivity contribution in [1.82, 2.24) is 0 Å². The van der Waals surface area contributed by atoms with Crippen LogP contribution in [0.15, 0.2) is 18.2 Å². The van der Waals surface area contributed by atoms with E-state index in [4.69, 9.17) is 0 Å². The maximum Gasteiger partial charge on any atom is 0.225 e. The lowest BCUT2D eigenvalue weighted by molar-refractivity contribution is -0.115. The zero-order valence-corrected chi connectivity index (χ0v) is 9.85. The van der Waals surface area contributed by atoms with Crippen molar-refractivity contribution in [3.05, 3.63) is 29.8 Å². The predicted molar refractivity (Wildman–Crippen MR) is 59.3 cm³/mol. The van der Waals surface area contributed by atoms with Crippen molar-refractivity contribution in [1.29, 1.82) is 0 Å². The van der Waals surface area contributed by atoms with E-state index >= 15 is 0 Å². The fourth-order valence-corrected chi connectivity index (χ4v) is 1.64. The van der Waals surface area contributed by atoms with E-state index in [1.54, 1.807) is 0 Å². The van der Waals surface area contributed by atoms with Crippen molar-refractivity contribution in [3.63, 3.8) is 0 Å². The first-order valence-corrected chi connectivity index (χ1v) is 6.76. The van der Waals surface area contributed by atoms with Crippen molar-refractivity contribution in [2.75, 3.05) is 17.3 Å². The third-order valence-corrected chi connectivity index (χ3v) is 2.85. The second kappa shape index (κ2) is 5.22. The smallest absolute Gasteiger partial charge is 0.225 e. The van der Waals surface area contributed by atoms with Crippen LogP contribution in [-0.2, 0) is 14.6 Å². The van der Waals surface area contributed by atoms with Gasteiger partial charge in [-0.05, 0) is 12.1 Å². The Morgan fingerprint density at radius 1 is 1.35 bits per heavy atom. The first-order chi connectivity index (χ1) is 7.78. The summed E-state index contributed by atoms with van der Waals surface area (Å²) in [6.07, 6.45) is 0.692. The maximum atomic E-state index is 13.1. The second-order valence-electron chi connectivity index (χ2n) is 3.55. The normalized spacial score (nSPS) is 11.2. The standard InChI is InChI=1S/C10H11F2NO3S/c1-17(15,16)5-4-10(14)13-9-6-7(11)2-3-8(9)12/h2-3,6H,4-5H2,1H3,(H,13,14). The van der Waals surface area contributed by atoms with Crippen molar-refractivity contribution < 1.29 is 22.0 Å². The van der Waals surface area contributed by atoms with Crippen LogP contribution in [0.5, 0.6) is 0 Å². The molecule has 0 aliphatic rings. The molecular formula is C10H11F2NO3S. The molecule has 0 saturated heterocycles. The molecule has 0 aromatic heterocycles. The van der Waals surface area contributed by atoms with Crippen molar-refractivity contribution in [2.45, 2.75) is 6.42 Å². The van der Waals surface area contributed by atoms with Gasteiger partial charge in [0.2, 0.25) is 5.91 Å². The van der Waals surface area contributed by atoms with E-state index in [-0.39, 0.29) is 17.9 Å². The van der Waals surface area contributed by atoms with Gasteiger partial charge < -0.3 is 5.32 Å². The van der Waals surface area contributed by atoms with Gasteiger partial charge in [0.25, 0.3) is 0 Å². The molecule has 0 aliphatic carbocycles. The Labute approximate surface area is 97.6 Å². The molecule has 1 amide bonds. The van der Waals surface area contributed by atoms with E-state index in [1.807, 2.05) is 0 Å². The summed E-state index contributed by atoms with van der Waals surface area (Å²) in [7, 11) is -3.26. The number of hydrogen-bond donors (Lipinski definition) is 1. The van der Waals surface area contributed by atoms with Crippen LogP contribution in [0.2, 0.25) is 0 Å². The number of anilines is 1. The number of nitrogens with one attached hydrogen (secondary N) is 1. The van der Waals surface area contributed by atoms with Crippen molar-refractivity contribution in [3.8, 4) is 0 Å². The number of halogens is 2. The van der Waals surface area contributed by atoms with E-state index in [0.29, 0.717) is 0 Å². The molecule has 0 bridgehead atoms. The largest absolute Gasteiger partial charge is 0.323 e. The highest BCUT2D eigenvalue weighted by Crippen LogP contribution is 2.15. The number of carbonyl (C=O) groups excluding carboxylic acids is 1. The van der Waals surface area contributed by atoms with E-state index in [0.717, 1.165) is 24.5 Å². The van der Waals surface area contributed by atoms with Crippen LogP contribution >= 0.6 is 0 Å². The lowest BCUT2D eigenvalue weighted by atomic mass is 10.3. The van der Waals surface area contributed by atoms with Gasteiger partial charge in [-0.1, -0.05) is 0 Å². The molecular weight excluding hydrogens is 252 g/mol. The molecule has 4 nitrogen and oxygen atoms in total. The number of benzene rings is 1. The zero-order valence-electron chi connectivity index (χ0n) is 9.04. The monoisotopic (exact) mass is 263 g/mol. The van der Waals surface area contributed by atoms with Crippen molar-refractivity contribution in [2.24, 2.45) is 0 Å². The van der Waals surface area contributed by atoms with Gasteiger partial charge in [-0.3, -0.25) is 4.79 Å². The molecule has 0 aliphatic heterocycles. The summed E-state index contributed by atoms with van der Waals surface area (Å²) in [4.78, 5) is 11.3. The average molecular weight is 263 g/mol. The molecule has 0 atom stereocenters. The minimum absolute atomic E-state index is 0.297. The highest BCUT2D eigenvalue weighted by atomic mass is 32.2. The SMILES string of the molecule is CS(=O)(=O)CCC(=O)Nc1cc(F)ccc1F. The Kier molecular flexibility index (Phi) is 4.17. The molecule has 7 heteroatoms. The summed E-state index contributed by atoms with van der Waals surface area (Å²) in [5.74, 6) is -2.49. The summed E-state index contributed by atoms with van der Waals surface area (Å²) >= 11 is 0. The molecule has 0 fully saturated rings. The highest BCUT2D eigenvalue weighted by Gasteiger charge is 2.11. The minimum Gasteiger partial charge on any atom is -0.323 e. The minimum atomic E-state index is -3.26. The number of carbonyl (C=O) groups is 1. The molecule has 0 spiro atoms. The van der Waals surface area contributed by atoms with Gasteiger partial charge in [-0.2, -0.15) is 0 Å². The summed E-state index contributed by atoms with van der Waals surface area (Å²) < 4.78 is 47.5. The second-order valence-corrected chi connectivity index (χ2v) is 5.81. The van der Waals surface area contributed by atoms with Gasteiger partial charge in [-0.15, -0.1) is 0 Å². The lowest BCUT2D eigenvalue weighted by Gasteiger charge is -2.05. The fourth-order valence-electron chi connectivity index (χ4n) is 1.08.